The molecule has 0 saturated carbocycles. The Balaban J connectivity index is 0.000000199. The van der Waals surface area contributed by atoms with Gasteiger partial charge in [0.15, 0.2) is 0 Å². The average Bonchev–Trinajstić information content (AvgIpc) is 2.82. The summed E-state index contributed by atoms with van der Waals surface area (Å²) in [7, 11) is 0. The largest absolute Gasteiger partial charge is 0.368 e. The Morgan fingerprint density at radius 3 is 2.11 bits per heavy atom. The maximum Gasteiger partial charge on any atom is 0.256 e. The van der Waals surface area contributed by atoms with Gasteiger partial charge < -0.3 is 4.74 Å². The van der Waals surface area contributed by atoms with Crippen molar-refractivity contribution in [3.05, 3.63) is 12.2 Å². The molecule has 0 aromatic carbocycles. The molecule has 7 heteroatoms. The topological polar surface area (TPSA) is 102 Å². The lowest BCUT2D eigenvalue weighted by Crippen LogP contribution is -2.26. The highest BCUT2D eigenvalue weighted by atomic mass is 16.5. The Morgan fingerprint density at radius 1 is 1.17 bits per heavy atom. The Morgan fingerprint density at radius 2 is 1.78 bits per heavy atom. The van der Waals surface area contributed by atoms with Crippen molar-refractivity contribution >= 4 is 23.6 Å². The van der Waals surface area contributed by atoms with Gasteiger partial charge in [0, 0.05) is 18.8 Å². The molecular formula is C11H14N2O5. The summed E-state index contributed by atoms with van der Waals surface area (Å²) < 4.78 is 5.10. The van der Waals surface area contributed by atoms with Crippen LogP contribution in [-0.2, 0) is 23.9 Å². The monoisotopic (exact) mass is 254 g/mol. The van der Waals surface area contributed by atoms with Crippen LogP contribution in [0.4, 0.5) is 0 Å². The minimum atomic E-state index is -0.539. The molecule has 0 bridgehead atoms. The van der Waals surface area contributed by atoms with E-state index in [1.54, 1.807) is 0 Å². The molecule has 0 aromatic rings. The van der Waals surface area contributed by atoms with E-state index in [1.165, 1.54) is 12.2 Å². The summed E-state index contributed by atoms with van der Waals surface area (Å²) in [6.45, 7) is 2.49. The summed E-state index contributed by atoms with van der Waals surface area (Å²) in [5.74, 6) is -1.20. The SMILES string of the molecule is CCCOC1CC(=O)NC1=O.O=C1C=CC(=O)N1. The van der Waals surface area contributed by atoms with Crippen LogP contribution in [0, 0.1) is 0 Å². The van der Waals surface area contributed by atoms with Gasteiger partial charge in [-0.05, 0) is 6.42 Å². The molecule has 98 valence electrons. The van der Waals surface area contributed by atoms with Crippen molar-refractivity contribution < 1.29 is 23.9 Å². The van der Waals surface area contributed by atoms with E-state index >= 15 is 0 Å². The van der Waals surface area contributed by atoms with Crippen LogP contribution in [0.3, 0.4) is 0 Å². The van der Waals surface area contributed by atoms with E-state index in [0.29, 0.717) is 6.61 Å². The minimum absolute atomic E-state index is 0.179. The number of imide groups is 2. The zero-order valence-electron chi connectivity index (χ0n) is 9.89. The average molecular weight is 254 g/mol. The molecule has 2 aliphatic heterocycles. The Kier molecular flexibility index (Phi) is 5.19. The van der Waals surface area contributed by atoms with E-state index in [0.717, 1.165) is 6.42 Å². The third-order valence-electron chi connectivity index (χ3n) is 2.08. The van der Waals surface area contributed by atoms with Crippen LogP contribution in [0.1, 0.15) is 19.8 Å². The number of amides is 4. The van der Waals surface area contributed by atoms with Crippen molar-refractivity contribution in [3.63, 3.8) is 0 Å². The number of carbonyl (C=O) groups excluding carboxylic acids is 4. The third-order valence-corrected chi connectivity index (χ3v) is 2.08. The number of hydrogen-bond donors (Lipinski definition) is 2. The molecule has 1 atom stereocenters. The molecule has 0 spiro atoms. The maximum atomic E-state index is 10.8. The standard InChI is InChI=1S/C7H11NO3.C4H3NO2/c1-2-3-11-5-4-6(9)8-7(5)10;6-3-1-2-4(7)5-3/h5H,2-4H2,1H3,(H,8,9,10);1-2H,(H,5,6,7). The van der Waals surface area contributed by atoms with Crippen molar-refractivity contribution in [2.75, 3.05) is 6.61 Å². The molecule has 4 amide bonds. The number of rotatable bonds is 3. The number of carbonyl (C=O) groups is 4. The van der Waals surface area contributed by atoms with Gasteiger partial charge in [-0.1, -0.05) is 6.92 Å². The normalized spacial score (nSPS) is 21.5. The van der Waals surface area contributed by atoms with E-state index in [2.05, 4.69) is 5.32 Å². The first-order valence-corrected chi connectivity index (χ1v) is 5.51. The second-order valence-electron chi connectivity index (χ2n) is 3.66. The van der Waals surface area contributed by atoms with E-state index in [-0.39, 0.29) is 30.0 Å². The summed E-state index contributed by atoms with van der Waals surface area (Å²) in [5, 5.41) is 4.20. The van der Waals surface area contributed by atoms with Crippen molar-refractivity contribution in [3.8, 4) is 0 Å². The lowest BCUT2D eigenvalue weighted by atomic mass is 10.3. The van der Waals surface area contributed by atoms with Gasteiger partial charge in [-0.2, -0.15) is 0 Å². The molecule has 1 saturated heterocycles. The van der Waals surface area contributed by atoms with Crippen LogP contribution in [0.2, 0.25) is 0 Å². The Hall–Kier alpha value is -2.02. The van der Waals surface area contributed by atoms with Crippen LogP contribution >= 0.6 is 0 Å². The van der Waals surface area contributed by atoms with Crippen LogP contribution in [0.15, 0.2) is 12.2 Å². The molecule has 0 aliphatic carbocycles. The maximum absolute atomic E-state index is 10.8. The number of hydrogen-bond acceptors (Lipinski definition) is 5. The first kappa shape index (κ1) is 14.0. The fourth-order valence-electron chi connectivity index (χ4n) is 1.28. The van der Waals surface area contributed by atoms with Gasteiger partial charge in [0.05, 0.1) is 6.42 Å². The molecule has 0 radical (unpaired) electrons. The van der Waals surface area contributed by atoms with E-state index in [1.807, 2.05) is 12.2 Å². The summed E-state index contributed by atoms with van der Waals surface area (Å²) in [6.07, 6.45) is 2.89. The zero-order valence-corrected chi connectivity index (χ0v) is 9.89. The van der Waals surface area contributed by atoms with Crippen molar-refractivity contribution in [2.45, 2.75) is 25.9 Å². The fourth-order valence-corrected chi connectivity index (χ4v) is 1.28. The predicted molar refractivity (Wildman–Crippen MR) is 60.1 cm³/mol. The fraction of sp³-hybridized carbons (Fsp3) is 0.455. The molecule has 18 heavy (non-hydrogen) atoms. The highest BCUT2D eigenvalue weighted by molar-refractivity contribution is 6.12. The van der Waals surface area contributed by atoms with Crippen molar-refractivity contribution in [1.82, 2.24) is 10.6 Å². The first-order valence-electron chi connectivity index (χ1n) is 5.51. The van der Waals surface area contributed by atoms with E-state index in [9.17, 15) is 19.2 Å². The molecule has 1 fully saturated rings. The molecular weight excluding hydrogens is 240 g/mol. The van der Waals surface area contributed by atoms with Gasteiger partial charge in [-0.3, -0.25) is 29.8 Å². The smallest absolute Gasteiger partial charge is 0.256 e. The second-order valence-corrected chi connectivity index (χ2v) is 3.66. The Labute approximate surface area is 104 Å². The number of nitrogens with one attached hydrogen (secondary N) is 2. The van der Waals surface area contributed by atoms with Gasteiger partial charge in [-0.15, -0.1) is 0 Å². The third kappa shape index (κ3) is 4.46. The first-order chi connectivity index (χ1) is 8.52. The highest BCUT2D eigenvalue weighted by Crippen LogP contribution is 2.06. The quantitative estimate of drug-likeness (QED) is 0.631. The van der Waals surface area contributed by atoms with Crippen LogP contribution in [0.5, 0.6) is 0 Å². The highest BCUT2D eigenvalue weighted by Gasteiger charge is 2.30. The zero-order chi connectivity index (χ0) is 13.5. The van der Waals surface area contributed by atoms with Crippen LogP contribution in [0.25, 0.3) is 0 Å². The van der Waals surface area contributed by atoms with Gasteiger partial charge in [0.25, 0.3) is 17.7 Å². The van der Waals surface area contributed by atoms with Crippen molar-refractivity contribution in [2.24, 2.45) is 0 Å². The second kappa shape index (κ2) is 6.65. The molecule has 0 aromatic heterocycles. The Bertz CT molecular complexity index is 386. The van der Waals surface area contributed by atoms with Crippen LogP contribution < -0.4 is 10.6 Å². The molecule has 2 aliphatic rings. The summed E-state index contributed by atoms with van der Waals surface area (Å²) in [4.78, 5) is 41.5. The molecule has 1 unspecified atom stereocenters. The lowest BCUT2D eigenvalue weighted by Gasteiger charge is -2.05. The molecule has 2 rings (SSSR count). The molecule has 7 nitrogen and oxygen atoms in total. The predicted octanol–water partition coefficient (Wildman–Crippen LogP) is -0.973. The molecule has 2 heterocycles. The van der Waals surface area contributed by atoms with E-state index < -0.39 is 6.10 Å². The lowest BCUT2D eigenvalue weighted by molar-refractivity contribution is -0.130. The summed E-state index contributed by atoms with van der Waals surface area (Å²) in [5.41, 5.74) is 0. The van der Waals surface area contributed by atoms with Gasteiger partial charge in [0.2, 0.25) is 5.91 Å². The summed E-state index contributed by atoms with van der Waals surface area (Å²) >= 11 is 0. The summed E-state index contributed by atoms with van der Waals surface area (Å²) in [6, 6.07) is 0. The van der Waals surface area contributed by atoms with E-state index in [4.69, 9.17) is 4.74 Å². The van der Waals surface area contributed by atoms with Gasteiger partial charge >= 0.3 is 0 Å². The van der Waals surface area contributed by atoms with Crippen LogP contribution in [-0.4, -0.2) is 36.3 Å². The minimum Gasteiger partial charge on any atom is -0.368 e. The van der Waals surface area contributed by atoms with Crippen molar-refractivity contribution in [1.29, 1.82) is 0 Å². The number of ether oxygens (including phenoxy) is 1. The molecule has 2 N–H and O–H groups in total. The van der Waals surface area contributed by atoms with Gasteiger partial charge in [0.1, 0.15) is 6.10 Å². The van der Waals surface area contributed by atoms with Gasteiger partial charge in [-0.25, -0.2) is 0 Å².